The van der Waals surface area contributed by atoms with Gasteiger partial charge in [-0.3, -0.25) is 14.7 Å². The van der Waals surface area contributed by atoms with Gasteiger partial charge < -0.3 is 5.32 Å². The molecule has 1 unspecified atom stereocenters. The van der Waals surface area contributed by atoms with E-state index in [0.717, 1.165) is 42.6 Å². The minimum atomic E-state index is 0.0226. The summed E-state index contributed by atoms with van der Waals surface area (Å²) < 4.78 is 2.06. The number of aryl methyl sites for hydroxylation is 1. The van der Waals surface area contributed by atoms with E-state index in [1.54, 1.807) is 12.4 Å². The van der Waals surface area contributed by atoms with E-state index in [1.807, 2.05) is 30.3 Å². The zero-order chi connectivity index (χ0) is 21.1. The summed E-state index contributed by atoms with van der Waals surface area (Å²) in [6.07, 6.45) is 8.46. The van der Waals surface area contributed by atoms with E-state index >= 15 is 0 Å². The fourth-order valence-corrected chi connectivity index (χ4v) is 4.22. The number of benzene rings is 1. The van der Waals surface area contributed by atoms with Gasteiger partial charge in [0, 0.05) is 30.2 Å². The molecule has 1 aromatic carbocycles. The maximum absolute atomic E-state index is 12.7. The second kappa shape index (κ2) is 8.79. The van der Waals surface area contributed by atoms with Gasteiger partial charge in [-0.15, -0.1) is 0 Å². The summed E-state index contributed by atoms with van der Waals surface area (Å²) in [6, 6.07) is 10.3. The van der Waals surface area contributed by atoms with Gasteiger partial charge in [0.2, 0.25) is 5.91 Å². The van der Waals surface area contributed by atoms with Crippen molar-refractivity contribution in [3.63, 3.8) is 0 Å². The number of hydrogen-bond donors (Lipinski definition) is 1. The molecule has 6 nitrogen and oxygen atoms in total. The molecule has 0 aliphatic heterocycles. The molecule has 0 fully saturated rings. The molecule has 6 heteroatoms. The molecule has 3 aromatic rings. The third-order valence-corrected chi connectivity index (χ3v) is 5.94. The number of amides is 1. The monoisotopic (exact) mass is 403 g/mol. The first-order valence-corrected chi connectivity index (χ1v) is 10.5. The highest BCUT2D eigenvalue weighted by atomic mass is 16.2. The van der Waals surface area contributed by atoms with Crippen molar-refractivity contribution >= 4 is 5.91 Å². The van der Waals surface area contributed by atoms with E-state index in [2.05, 4.69) is 47.0 Å². The smallest absolute Gasteiger partial charge is 0.234 e. The first-order valence-electron chi connectivity index (χ1n) is 10.5. The molecule has 0 saturated heterocycles. The van der Waals surface area contributed by atoms with Crippen LogP contribution < -0.4 is 5.32 Å². The summed E-state index contributed by atoms with van der Waals surface area (Å²) in [4.78, 5) is 18.8. The predicted molar refractivity (Wildman–Crippen MR) is 117 cm³/mol. The van der Waals surface area contributed by atoms with Crippen molar-refractivity contribution in [1.82, 2.24) is 25.0 Å². The zero-order valence-electron chi connectivity index (χ0n) is 17.9. The summed E-state index contributed by atoms with van der Waals surface area (Å²) in [6.45, 7) is 5.34. The highest BCUT2D eigenvalue weighted by Gasteiger charge is 2.26. The molecule has 0 radical (unpaired) electrons. The summed E-state index contributed by atoms with van der Waals surface area (Å²) in [5, 5.41) is 7.93. The lowest BCUT2D eigenvalue weighted by Crippen LogP contribution is -2.38. The number of carbonyl (C=O) groups excluding carboxylic acids is 1. The van der Waals surface area contributed by atoms with Crippen LogP contribution in [0.4, 0.5) is 0 Å². The maximum atomic E-state index is 12.7. The molecule has 1 atom stereocenters. The zero-order valence-corrected chi connectivity index (χ0v) is 17.9. The number of likely N-dealkylation sites (N-methyl/N-ethyl adjacent to an activating group) is 1. The largest absolute Gasteiger partial charge is 0.348 e. The molecule has 0 saturated carbocycles. The molecule has 2 heterocycles. The number of fused-ring (bicyclic) bond motifs is 1. The maximum Gasteiger partial charge on any atom is 0.234 e. The number of aromatic nitrogens is 3. The number of hydrogen-bond acceptors (Lipinski definition) is 4. The first-order chi connectivity index (χ1) is 14.5. The predicted octanol–water partition coefficient (Wildman–Crippen LogP) is 3.51. The first kappa shape index (κ1) is 20.3. The van der Waals surface area contributed by atoms with Crippen molar-refractivity contribution in [1.29, 1.82) is 0 Å². The minimum Gasteiger partial charge on any atom is -0.348 e. The molecular formula is C24H29N5O. The Kier molecular flexibility index (Phi) is 5.95. The molecule has 156 valence electrons. The van der Waals surface area contributed by atoms with E-state index < -0.39 is 0 Å². The van der Waals surface area contributed by atoms with E-state index in [9.17, 15) is 4.79 Å². The molecule has 1 amide bonds. The van der Waals surface area contributed by atoms with Gasteiger partial charge in [0.05, 0.1) is 24.5 Å². The molecule has 1 aliphatic carbocycles. The number of rotatable bonds is 6. The number of nitrogens with one attached hydrogen (secondary N) is 1. The Labute approximate surface area is 177 Å². The SMILES string of the molecule is Cc1cccc(-n2ncc3c2CCCC3NC(=O)CN(C)Cc2ccncc2)c1C. The Morgan fingerprint density at radius 2 is 2.03 bits per heavy atom. The van der Waals surface area contributed by atoms with Crippen LogP contribution in [0.25, 0.3) is 5.69 Å². The average Bonchev–Trinajstić information content (AvgIpc) is 3.15. The average molecular weight is 404 g/mol. The van der Waals surface area contributed by atoms with E-state index in [-0.39, 0.29) is 11.9 Å². The molecule has 0 bridgehead atoms. The van der Waals surface area contributed by atoms with E-state index in [4.69, 9.17) is 5.10 Å². The Morgan fingerprint density at radius 1 is 1.23 bits per heavy atom. The van der Waals surface area contributed by atoms with Gasteiger partial charge in [0.25, 0.3) is 0 Å². The van der Waals surface area contributed by atoms with Crippen LogP contribution in [0.2, 0.25) is 0 Å². The van der Waals surface area contributed by atoms with Crippen LogP contribution in [0.5, 0.6) is 0 Å². The quantitative estimate of drug-likeness (QED) is 0.684. The summed E-state index contributed by atoms with van der Waals surface area (Å²) in [7, 11) is 1.96. The van der Waals surface area contributed by atoms with Crippen molar-refractivity contribution in [2.75, 3.05) is 13.6 Å². The van der Waals surface area contributed by atoms with Gasteiger partial charge in [0.1, 0.15) is 0 Å². The van der Waals surface area contributed by atoms with Crippen LogP contribution in [0.3, 0.4) is 0 Å². The fourth-order valence-electron chi connectivity index (χ4n) is 4.22. The summed E-state index contributed by atoms with van der Waals surface area (Å²) in [5.74, 6) is 0.0453. The van der Waals surface area contributed by atoms with Crippen molar-refractivity contribution in [2.45, 2.75) is 45.7 Å². The van der Waals surface area contributed by atoms with Crippen molar-refractivity contribution in [3.8, 4) is 5.69 Å². The van der Waals surface area contributed by atoms with E-state index in [1.165, 1.54) is 16.8 Å². The Bertz CT molecular complexity index is 1030. The fraction of sp³-hybridized carbons (Fsp3) is 0.375. The third kappa shape index (κ3) is 4.28. The van der Waals surface area contributed by atoms with Gasteiger partial charge >= 0.3 is 0 Å². The second-order valence-electron chi connectivity index (χ2n) is 8.22. The van der Waals surface area contributed by atoms with Crippen LogP contribution in [0.15, 0.2) is 48.9 Å². The highest BCUT2D eigenvalue weighted by Crippen LogP contribution is 2.32. The van der Waals surface area contributed by atoms with E-state index in [0.29, 0.717) is 6.54 Å². The third-order valence-electron chi connectivity index (χ3n) is 5.94. The van der Waals surface area contributed by atoms with Gasteiger partial charge in [-0.2, -0.15) is 5.10 Å². The van der Waals surface area contributed by atoms with Gasteiger partial charge in [-0.05, 0) is 75.0 Å². The van der Waals surface area contributed by atoms with Crippen LogP contribution in [-0.2, 0) is 17.8 Å². The molecule has 2 aromatic heterocycles. The molecule has 0 spiro atoms. The van der Waals surface area contributed by atoms with Crippen LogP contribution in [0, 0.1) is 13.8 Å². The highest BCUT2D eigenvalue weighted by molar-refractivity contribution is 5.78. The molecular weight excluding hydrogens is 374 g/mol. The van der Waals surface area contributed by atoms with Crippen molar-refractivity contribution in [2.24, 2.45) is 0 Å². The Hall–Kier alpha value is -2.99. The molecule has 4 rings (SSSR count). The van der Waals surface area contributed by atoms with Crippen molar-refractivity contribution < 1.29 is 4.79 Å². The Balaban J connectivity index is 1.45. The lowest BCUT2D eigenvalue weighted by Gasteiger charge is -2.26. The standard InChI is InChI=1S/C24H29N5O/c1-17-6-4-8-22(18(17)2)29-23-9-5-7-21(20(23)14-26-29)27-24(30)16-28(3)15-19-10-12-25-13-11-19/h4,6,8,10-14,21H,5,7,9,15-16H2,1-3H3,(H,27,30). The van der Waals surface area contributed by atoms with Crippen LogP contribution in [-0.4, -0.2) is 39.2 Å². The lowest BCUT2D eigenvalue weighted by atomic mass is 9.92. The van der Waals surface area contributed by atoms with Gasteiger partial charge in [-0.1, -0.05) is 12.1 Å². The lowest BCUT2D eigenvalue weighted by molar-refractivity contribution is -0.122. The molecule has 1 N–H and O–H groups in total. The number of pyridine rings is 1. The van der Waals surface area contributed by atoms with Crippen molar-refractivity contribution in [3.05, 3.63) is 76.9 Å². The molecule has 1 aliphatic rings. The Morgan fingerprint density at radius 3 is 2.83 bits per heavy atom. The number of carbonyl (C=O) groups is 1. The van der Waals surface area contributed by atoms with Gasteiger partial charge in [0.15, 0.2) is 0 Å². The topological polar surface area (TPSA) is 63.1 Å². The minimum absolute atomic E-state index is 0.0226. The van der Waals surface area contributed by atoms with Crippen LogP contribution >= 0.6 is 0 Å². The number of nitrogens with zero attached hydrogens (tertiary/aromatic N) is 4. The molecule has 30 heavy (non-hydrogen) atoms. The normalized spacial score (nSPS) is 15.8. The summed E-state index contributed by atoms with van der Waals surface area (Å²) in [5.41, 5.74) is 7.13. The second-order valence-corrected chi connectivity index (χ2v) is 8.22. The van der Waals surface area contributed by atoms with Gasteiger partial charge in [-0.25, -0.2) is 4.68 Å². The summed E-state index contributed by atoms with van der Waals surface area (Å²) >= 11 is 0. The van der Waals surface area contributed by atoms with Crippen LogP contribution in [0.1, 0.15) is 46.8 Å².